The molecule has 1 amide bonds. The Morgan fingerprint density at radius 3 is 2.06 bits per heavy atom. The minimum atomic E-state index is -3.78. The van der Waals surface area contributed by atoms with E-state index in [-0.39, 0.29) is 11.7 Å². The lowest BCUT2D eigenvalue weighted by molar-refractivity contribution is -0.120. The summed E-state index contributed by atoms with van der Waals surface area (Å²) < 4.78 is 41.9. The molecule has 2 aromatic rings. The van der Waals surface area contributed by atoms with Crippen LogP contribution < -0.4 is 23.8 Å². The predicted molar refractivity (Wildman–Crippen MR) is 125 cm³/mol. The van der Waals surface area contributed by atoms with Crippen LogP contribution in [0, 0.1) is 5.92 Å². The molecule has 0 saturated carbocycles. The maximum Gasteiger partial charge on any atom is 0.241 e. The minimum Gasteiger partial charge on any atom is -0.497 e. The average Bonchev–Trinajstić information content (AvgIpc) is 2.75. The number of nitrogens with zero attached hydrogens (tertiary/aromatic N) is 1. The molecule has 1 unspecified atom stereocenters. The van der Waals surface area contributed by atoms with E-state index in [4.69, 9.17) is 14.2 Å². The molecular weight excluding hydrogens is 432 g/mol. The Morgan fingerprint density at radius 1 is 0.969 bits per heavy atom. The summed E-state index contributed by atoms with van der Waals surface area (Å²) in [7, 11) is 0.729. The Kier molecular flexibility index (Phi) is 8.77. The summed E-state index contributed by atoms with van der Waals surface area (Å²) in [4.78, 5) is 13.0. The molecule has 0 spiro atoms. The van der Waals surface area contributed by atoms with Crippen molar-refractivity contribution in [3.63, 3.8) is 0 Å². The Balaban J connectivity index is 2.32. The van der Waals surface area contributed by atoms with Gasteiger partial charge in [-0.1, -0.05) is 26.0 Å². The van der Waals surface area contributed by atoms with Crippen LogP contribution in [0.1, 0.15) is 31.9 Å². The van der Waals surface area contributed by atoms with Gasteiger partial charge in [-0.25, -0.2) is 8.42 Å². The standard InChI is InChI=1S/C23H32N2O6S/c1-16(2)13-20(17-7-9-18(29-3)10-8-17)24-23(26)15-25(32(6,27)28)21-14-19(30-4)11-12-22(21)31-5/h7-12,14,16,20H,13,15H2,1-6H3,(H,24,26). The lowest BCUT2D eigenvalue weighted by Gasteiger charge is -2.26. The first-order valence-electron chi connectivity index (χ1n) is 10.2. The molecule has 0 radical (unpaired) electrons. The van der Waals surface area contributed by atoms with Crippen LogP contribution in [0.3, 0.4) is 0 Å². The smallest absolute Gasteiger partial charge is 0.241 e. The van der Waals surface area contributed by atoms with E-state index in [9.17, 15) is 13.2 Å². The van der Waals surface area contributed by atoms with Crippen LogP contribution in [0.2, 0.25) is 0 Å². The van der Waals surface area contributed by atoms with Crippen molar-refractivity contribution in [1.29, 1.82) is 0 Å². The summed E-state index contributed by atoms with van der Waals surface area (Å²) in [6.45, 7) is 3.73. The molecule has 0 heterocycles. The van der Waals surface area contributed by atoms with Gasteiger partial charge in [-0.15, -0.1) is 0 Å². The molecule has 9 heteroatoms. The van der Waals surface area contributed by atoms with Gasteiger partial charge < -0.3 is 19.5 Å². The second-order valence-corrected chi connectivity index (χ2v) is 9.74. The molecule has 2 aromatic carbocycles. The highest BCUT2D eigenvalue weighted by Crippen LogP contribution is 2.33. The van der Waals surface area contributed by atoms with E-state index in [0.29, 0.717) is 23.8 Å². The summed E-state index contributed by atoms with van der Waals surface area (Å²) in [6.07, 6.45) is 1.74. The molecule has 0 aromatic heterocycles. The first kappa shape index (κ1) is 25.3. The van der Waals surface area contributed by atoms with Crippen molar-refractivity contribution in [2.24, 2.45) is 5.92 Å². The molecule has 32 heavy (non-hydrogen) atoms. The van der Waals surface area contributed by atoms with Crippen LogP contribution in [-0.4, -0.2) is 48.5 Å². The third-order valence-electron chi connectivity index (χ3n) is 4.90. The molecule has 0 fully saturated rings. The largest absolute Gasteiger partial charge is 0.497 e. The van der Waals surface area contributed by atoms with E-state index in [0.717, 1.165) is 21.9 Å². The van der Waals surface area contributed by atoms with Crippen molar-refractivity contribution in [2.75, 3.05) is 38.4 Å². The first-order valence-corrected chi connectivity index (χ1v) is 12.1. The number of nitrogens with one attached hydrogen (secondary N) is 1. The van der Waals surface area contributed by atoms with Crippen molar-refractivity contribution in [2.45, 2.75) is 26.3 Å². The predicted octanol–water partition coefficient (Wildman–Crippen LogP) is 3.38. The van der Waals surface area contributed by atoms with Crippen molar-refractivity contribution in [3.8, 4) is 17.2 Å². The summed E-state index contributed by atoms with van der Waals surface area (Å²) >= 11 is 0. The van der Waals surface area contributed by atoms with E-state index in [1.54, 1.807) is 19.2 Å². The van der Waals surface area contributed by atoms with Gasteiger partial charge in [-0.2, -0.15) is 0 Å². The number of rotatable bonds is 11. The molecule has 0 saturated heterocycles. The number of ether oxygens (including phenoxy) is 3. The Labute approximate surface area is 190 Å². The molecule has 1 N–H and O–H groups in total. The number of benzene rings is 2. The number of anilines is 1. The van der Waals surface area contributed by atoms with Crippen molar-refractivity contribution in [3.05, 3.63) is 48.0 Å². The monoisotopic (exact) mass is 464 g/mol. The Morgan fingerprint density at radius 2 is 1.56 bits per heavy atom. The molecule has 0 aliphatic carbocycles. The fraction of sp³-hybridized carbons (Fsp3) is 0.435. The fourth-order valence-corrected chi connectivity index (χ4v) is 4.18. The maximum absolute atomic E-state index is 13.0. The van der Waals surface area contributed by atoms with E-state index < -0.39 is 22.5 Å². The van der Waals surface area contributed by atoms with Crippen molar-refractivity contribution in [1.82, 2.24) is 5.32 Å². The molecule has 0 aliphatic heterocycles. The minimum absolute atomic E-state index is 0.231. The SMILES string of the molecule is COc1ccc(C(CC(C)C)NC(=O)CN(c2cc(OC)ccc2OC)S(C)(=O)=O)cc1. The number of amides is 1. The number of methoxy groups -OCH3 is 3. The van der Waals surface area contributed by atoms with Gasteiger partial charge in [0.15, 0.2) is 0 Å². The van der Waals surface area contributed by atoms with E-state index >= 15 is 0 Å². The van der Waals surface area contributed by atoms with Gasteiger partial charge in [-0.3, -0.25) is 9.10 Å². The van der Waals surface area contributed by atoms with Crippen LogP contribution in [0.25, 0.3) is 0 Å². The van der Waals surface area contributed by atoms with E-state index in [2.05, 4.69) is 19.2 Å². The highest BCUT2D eigenvalue weighted by Gasteiger charge is 2.26. The van der Waals surface area contributed by atoms with E-state index in [1.165, 1.54) is 20.3 Å². The Hall–Kier alpha value is -2.94. The first-order chi connectivity index (χ1) is 15.1. The molecule has 1 atom stereocenters. The Bertz CT molecular complexity index is 1010. The zero-order chi connectivity index (χ0) is 23.9. The lowest BCUT2D eigenvalue weighted by Crippen LogP contribution is -2.42. The number of carbonyl (C=O) groups excluding carboxylic acids is 1. The van der Waals surface area contributed by atoms with Gasteiger partial charge in [0.2, 0.25) is 15.9 Å². The normalized spacial score (nSPS) is 12.2. The average molecular weight is 465 g/mol. The molecule has 2 rings (SSSR count). The molecule has 176 valence electrons. The zero-order valence-electron chi connectivity index (χ0n) is 19.4. The maximum atomic E-state index is 13.0. The molecule has 0 bridgehead atoms. The number of hydrogen-bond acceptors (Lipinski definition) is 6. The second-order valence-electron chi connectivity index (χ2n) is 7.83. The van der Waals surface area contributed by atoms with E-state index in [1.807, 2.05) is 24.3 Å². The van der Waals surface area contributed by atoms with Crippen LogP contribution in [0.15, 0.2) is 42.5 Å². The van der Waals surface area contributed by atoms with Gasteiger partial charge in [0.25, 0.3) is 0 Å². The molecule has 0 aliphatic rings. The zero-order valence-corrected chi connectivity index (χ0v) is 20.2. The van der Waals surface area contributed by atoms with Crippen LogP contribution >= 0.6 is 0 Å². The number of carbonyl (C=O) groups is 1. The summed E-state index contributed by atoms with van der Waals surface area (Å²) in [5.41, 5.74) is 1.15. The van der Waals surface area contributed by atoms with Crippen LogP contribution in [0.5, 0.6) is 17.2 Å². The van der Waals surface area contributed by atoms with Gasteiger partial charge >= 0.3 is 0 Å². The number of sulfonamides is 1. The van der Waals surface area contributed by atoms with Crippen LogP contribution in [0.4, 0.5) is 5.69 Å². The van der Waals surface area contributed by atoms with Gasteiger partial charge in [0, 0.05) is 6.07 Å². The third kappa shape index (κ3) is 6.78. The topological polar surface area (TPSA) is 94.2 Å². The third-order valence-corrected chi connectivity index (χ3v) is 6.03. The van der Waals surface area contributed by atoms with Gasteiger partial charge in [-0.05, 0) is 42.2 Å². The lowest BCUT2D eigenvalue weighted by atomic mass is 9.97. The highest BCUT2D eigenvalue weighted by molar-refractivity contribution is 7.92. The van der Waals surface area contributed by atoms with Crippen molar-refractivity contribution >= 4 is 21.6 Å². The summed E-state index contributed by atoms with van der Waals surface area (Å²) in [6, 6.07) is 12.0. The number of hydrogen-bond donors (Lipinski definition) is 1. The highest BCUT2D eigenvalue weighted by atomic mass is 32.2. The summed E-state index contributed by atoms with van der Waals surface area (Å²) in [5, 5.41) is 2.98. The quantitative estimate of drug-likeness (QED) is 0.548. The van der Waals surface area contributed by atoms with Gasteiger partial charge in [0.05, 0.1) is 39.3 Å². The molecular formula is C23H32N2O6S. The fourth-order valence-electron chi connectivity index (χ4n) is 3.33. The van der Waals surface area contributed by atoms with Crippen molar-refractivity contribution < 1.29 is 27.4 Å². The van der Waals surface area contributed by atoms with Crippen LogP contribution in [-0.2, 0) is 14.8 Å². The molecule has 8 nitrogen and oxygen atoms in total. The van der Waals surface area contributed by atoms with Gasteiger partial charge in [0.1, 0.15) is 23.8 Å². The second kappa shape index (κ2) is 11.1. The summed E-state index contributed by atoms with van der Waals surface area (Å²) in [5.74, 6) is 1.37.